The van der Waals surface area contributed by atoms with Gasteiger partial charge in [-0.1, -0.05) is 12.8 Å². The second kappa shape index (κ2) is 6.66. The molecule has 1 aromatic rings. The summed E-state index contributed by atoms with van der Waals surface area (Å²) in [6.07, 6.45) is 3.19. The third kappa shape index (κ3) is 3.89. The van der Waals surface area contributed by atoms with E-state index in [1.807, 2.05) is 0 Å². The molecule has 0 bridgehead atoms. The van der Waals surface area contributed by atoms with Crippen LogP contribution in [-0.4, -0.2) is 11.4 Å². The molecule has 118 valence electrons. The van der Waals surface area contributed by atoms with E-state index in [1.165, 1.54) is 0 Å². The summed E-state index contributed by atoms with van der Waals surface area (Å²) in [4.78, 5) is 12.2. The number of carbonyl (C=O) groups excluding carboxylic acids is 1. The summed E-state index contributed by atoms with van der Waals surface area (Å²) in [6, 6.07) is 1.51. The predicted octanol–water partition coefficient (Wildman–Crippen LogP) is 3.37. The molecule has 1 aliphatic carbocycles. The number of hydrogen-bond donors (Lipinski definition) is 2. The van der Waals surface area contributed by atoms with Gasteiger partial charge in [0.2, 0.25) is 5.91 Å². The summed E-state index contributed by atoms with van der Waals surface area (Å²) < 4.78 is 39.0. The minimum absolute atomic E-state index is 0. The maximum atomic E-state index is 13.1. The van der Waals surface area contributed by atoms with Gasteiger partial charge in [-0.2, -0.15) is 0 Å². The Bertz CT molecular complexity index is 514. The van der Waals surface area contributed by atoms with Crippen molar-refractivity contribution in [2.24, 2.45) is 11.7 Å². The zero-order chi connectivity index (χ0) is 14.9. The molecule has 2 unspecified atom stereocenters. The van der Waals surface area contributed by atoms with Gasteiger partial charge in [0.1, 0.15) is 0 Å². The fourth-order valence-corrected chi connectivity index (χ4v) is 2.65. The fraction of sp³-hybridized carbons (Fsp3) is 0.500. The smallest absolute Gasteiger partial charge is 0.229 e. The van der Waals surface area contributed by atoms with Crippen LogP contribution in [0.25, 0.3) is 0 Å². The molecule has 2 atom stereocenters. The Kier molecular flexibility index (Phi) is 5.64. The van der Waals surface area contributed by atoms with Crippen LogP contribution < -0.4 is 11.1 Å². The van der Waals surface area contributed by atoms with Gasteiger partial charge in [0.15, 0.2) is 17.5 Å². The first-order chi connectivity index (χ1) is 9.31. The van der Waals surface area contributed by atoms with Gasteiger partial charge in [-0.15, -0.1) is 12.4 Å². The molecule has 1 saturated carbocycles. The molecular formula is C14H18ClF3N2O. The summed E-state index contributed by atoms with van der Waals surface area (Å²) in [5, 5.41) is 2.41. The molecule has 1 fully saturated rings. The van der Waals surface area contributed by atoms with Crippen LogP contribution in [0.4, 0.5) is 18.9 Å². The monoisotopic (exact) mass is 322 g/mol. The van der Waals surface area contributed by atoms with Crippen LogP contribution in [0.2, 0.25) is 0 Å². The number of benzene rings is 1. The van der Waals surface area contributed by atoms with Gasteiger partial charge in [0.05, 0.1) is 5.92 Å². The van der Waals surface area contributed by atoms with Gasteiger partial charge in [-0.3, -0.25) is 4.79 Å². The Morgan fingerprint density at radius 2 is 1.86 bits per heavy atom. The van der Waals surface area contributed by atoms with E-state index in [9.17, 15) is 18.0 Å². The first-order valence-electron chi connectivity index (χ1n) is 6.55. The molecule has 0 radical (unpaired) electrons. The lowest BCUT2D eigenvalue weighted by molar-refractivity contribution is -0.122. The lowest BCUT2D eigenvalue weighted by Gasteiger charge is -2.37. The topological polar surface area (TPSA) is 55.1 Å². The van der Waals surface area contributed by atoms with Crippen LogP contribution >= 0.6 is 12.4 Å². The quantitative estimate of drug-likeness (QED) is 0.820. The third-order valence-corrected chi connectivity index (χ3v) is 3.82. The standard InChI is InChI=1S/C14H17F3N2O.ClH/c1-14(18)5-3-2-4-9(14)13(20)19-8-6-10(15)12(17)11(16)7-8;/h6-7,9H,2-5,18H2,1H3,(H,19,20);1H. The van der Waals surface area contributed by atoms with Gasteiger partial charge in [-0.25, -0.2) is 13.2 Å². The maximum absolute atomic E-state index is 13.1. The zero-order valence-corrected chi connectivity index (χ0v) is 12.4. The van der Waals surface area contributed by atoms with Gasteiger partial charge in [0, 0.05) is 23.4 Å². The maximum Gasteiger partial charge on any atom is 0.229 e. The summed E-state index contributed by atoms with van der Waals surface area (Å²) in [5.41, 5.74) is 5.35. The SMILES string of the molecule is CC1(N)CCCCC1C(=O)Nc1cc(F)c(F)c(F)c1.Cl. The van der Waals surface area contributed by atoms with Crippen molar-refractivity contribution in [3.63, 3.8) is 0 Å². The Labute approximate surface area is 127 Å². The van der Waals surface area contributed by atoms with E-state index in [0.29, 0.717) is 6.42 Å². The summed E-state index contributed by atoms with van der Waals surface area (Å²) in [7, 11) is 0. The lowest BCUT2D eigenvalue weighted by Crippen LogP contribution is -2.51. The third-order valence-electron chi connectivity index (χ3n) is 3.82. The van der Waals surface area contributed by atoms with Crippen LogP contribution in [0, 0.1) is 23.4 Å². The van der Waals surface area contributed by atoms with Crippen molar-refractivity contribution in [1.82, 2.24) is 0 Å². The average molecular weight is 323 g/mol. The number of halogens is 4. The highest BCUT2D eigenvalue weighted by Crippen LogP contribution is 2.32. The minimum atomic E-state index is -1.55. The molecule has 3 N–H and O–H groups in total. The van der Waals surface area contributed by atoms with Gasteiger partial charge >= 0.3 is 0 Å². The van der Waals surface area contributed by atoms with Crippen LogP contribution in [0.15, 0.2) is 12.1 Å². The molecule has 0 aliphatic heterocycles. The van der Waals surface area contributed by atoms with E-state index in [2.05, 4.69) is 5.32 Å². The number of carbonyl (C=O) groups is 1. The van der Waals surface area contributed by atoms with Crippen molar-refractivity contribution < 1.29 is 18.0 Å². The molecule has 0 spiro atoms. The van der Waals surface area contributed by atoms with Crippen LogP contribution in [0.3, 0.4) is 0 Å². The van der Waals surface area contributed by atoms with Crippen LogP contribution in [-0.2, 0) is 4.79 Å². The van der Waals surface area contributed by atoms with Crippen molar-refractivity contribution in [2.45, 2.75) is 38.1 Å². The highest BCUT2D eigenvalue weighted by Gasteiger charge is 2.37. The summed E-state index contributed by atoms with van der Waals surface area (Å²) >= 11 is 0. The molecule has 0 saturated heterocycles. The molecule has 1 aromatic carbocycles. The highest BCUT2D eigenvalue weighted by atomic mass is 35.5. The Morgan fingerprint density at radius 1 is 1.29 bits per heavy atom. The van der Waals surface area contributed by atoms with Crippen molar-refractivity contribution >= 4 is 24.0 Å². The Hall–Kier alpha value is -1.27. The summed E-state index contributed by atoms with van der Waals surface area (Å²) in [6.45, 7) is 1.79. The largest absolute Gasteiger partial charge is 0.326 e. The molecule has 1 amide bonds. The molecule has 1 aliphatic rings. The number of nitrogens with two attached hydrogens (primary N) is 1. The zero-order valence-electron chi connectivity index (χ0n) is 11.6. The number of nitrogens with one attached hydrogen (secondary N) is 1. The second-order valence-electron chi connectivity index (χ2n) is 5.55. The number of anilines is 1. The summed E-state index contributed by atoms with van der Waals surface area (Å²) in [5.74, 6) is -5.03. The molecule has 0 heterocycles. The highest BCUT2D eigenvalue weighted by molar-refractivity contribution is 5.93. The molecule has 0 aromatic heterocycles. The minimum Gasteiger partial charge on any atom is -0.326 e. The Balaban J connectivity index is 0.00000220. The van der Waals surface area contributed by atoms with E-state index in [0.717, 1.165) is 31.4 Å². The van der Waals surface area contributed by atoms with E-state index < -0.39 is 28.9 Å². The molecular weight excluding hydrogens is 305 g/mol. The molecule has 7 heteroatoms. The van der Waals surface area contributed by atoms with Gasteiger partial charge < -0.3 is 11.1 Å². The van der Waals surface area contributed by atoms with Gasteiger partial charge in [-0.05, 0) is 19.8 Å². The average Bonchev–Trinajstić information content (AvgIpc) is 2.35. The van der Waals surface area contributed by atoms with Crippen molar-refractivity contribution in [1.29, 1.82) is 0 Å². The van der Waals surface area contributed by atoms with Crippen molar-refractivity contribution in [2.75, 3.05) is 5.32 Å². The second-order valence-corrected chi connectivity index (χ2v) is 5.55. The van der Waals surface area contributed by atoms with Crippen LogP contribution in [0.1, 0.15) is 32.6 Å². The molecule has 3 nitrogen and oxygen atoms in total. The first-order valence-corrected chi connectivity index (χ1v) is 6.55. The number of amides is 1. The van der Waals surface area contributed by atoms with Gasteiger partial charge in [0.25, 0.3) is 0 Å². The van der Waals surface area contributed by atoms with Crippen molar-refractivity contribution in [3.8, 4) is 0 Å². The van der Waals surface area contributed by atoms with Crippen molar-refractivity contribution in [3.05, 3.63) is 29.6 Å². The fourth-order valence-electron chi connectivity index (χ4n) is 2.65. The Morgan fingerprint density at radius 3 is 2.38 bits per heavy atom. The molecule has 21 heavy (non-hydrogen) atoms. The predicted molar refractivity (Wildman–Crippen MR) is 76.7 cm³/mol. The first kappa shape index (κ1) is 17.8. The number of hydrogen-bond acceptors (Lipinski definition) is 2. The van der Waals surface area contributed by atoms with E-state index in [4.69, 9.17) is 5.73 Å². The number of rotatable bonds is 2. The molecule has 2 rings (SSSR count). The van der Waals surface area contributed by atoms with E-state index in [1.54, 1.807) is 6.92 Å². The van der Waals surface area contributed by atoms with E-state index in [-0.39, 0.29) is 24.0 Å². The lowest BCUT2D eigenvalue weighted by atomic mass is 9.74. The normalized spacial score (nSPS) is 25.1. The van der Waals surface area contributed by atoms with E-state index >= 15 is 0 Å². The van der Waals surface area contributed by atoms with Crippen LogP contribution in [0.5, 0.6) is 0 Å².